The molecule has 8 heteroatoms. The lowest BCUT2D eigenvalue weighted by molar-refractivity contribution is -0.144. The Labute approximate surface area is 165 Å². The van der Waals surface area contributed by atoms with Gasteiger partial charge in [0.05, 0.1) is 5.92 Å². The summed E-state index contributed by atoms with van der Waals surface area (Å²) in [5.74, 6) is -1.60. The van der Waals surface area contributed by atoms with Crippen molar-refractivity contribution in [2.45, 2.75) is 45.4 Å². The Balaban J connectivity index is 0.00000338. The van der Waals surface area contributed by atoms with Gasteiger partial charge in [-0.05, 0) is 44.9 Å². The van der Waals surface area contributed by atoms with Gasteiger partial charge < -0.3 is 20.1 Å². The first kappa shape index (κ1) is 22.5. The average Bonchev–Trinajstić information content (AvgIpc) is 2.51. The van der Waals surface area contributed by atoms with E-state index in [1.165, 1.54) is 4.90 Å². The number of nitrogens with one attached hydrogen (secondary N) is 1. The number of hydrogen-bond donors (Lipinski definition) is 2. The minimum atomic E-state index is -0.920. The highest BCUT2D eigenvalue weighted by Crippen LogP contribution is 2.21. The number of aliphatic carboxylic acids is 1. The van der Waals surface area contributed by atoms with Gasteiger partial charge in [-0.15, -0.1) is 12.4 Å². The van der Waals surface area contributed by atoms with E-state index in [9.17, 15) is 14.7 Å². The number of carbonyl (C=O) groups excluding carboxylic acids is 1. The van der Waals surface area contributed by atoms with E-state index in [1.807, 2.05) is 18.2 Å². The zero-order valence-corrected chi connectivity index (χ0v) is 16.8. The molecule has 1 amide bonds. The number of nitrogens with zero attached hydrogens (tertiary/aromatic N) is 1. The number of benzene rings is 1. The molecule has 2 unspecified atom stereocenters. The van der Waals surface area contributed by atoms with E-state index in [1.54, 1.807) is 26.8 Å². The molecule has 26 heavy (non-hydrogen) atoms. The molecule has 0 bridgehead atoms. The fourth-order valence-electron chi connectivity index (χ4n) is 2.83. The third-order valence-electron chi connectivity index (χ3n) is 4.04. The van der Waals surface area contributed by atoms with Crippen molar-refractivity contribution in [2.24, 2.45) is 5.92 Å². The van der Waals surface area contributed by atoms with E-state index < -0.39 is 23.6 Å². The highest BCUT2D eigenvalue weighted by atomic mass is 35.5. The monoisotopic (exact) mass is 404 g/mol. The Morgan fingerprint density at radius 3 is 2.65 bits per heavy atom. The molecule has 6 nitrogen and oxygen atoms in total. The third-order valence-corrected chi connectivity index (χ3v) is 4.27. The summed E-state index contributed by atoms with van der Waals surface area (Å²) < 4.78 is 5.34. The van der Waals surface area contributed by atoms with E-state index in [0.717, 1.165) is 5.56 Å². The van der Waals surface area contributed by atoms with Crippen LogP contribution in [0.5, 0.6) is 0 Å². The first-order chi connectivity index (χ1) is 11.7. The predicted octanol–water partition coefficient (Wildman–Crippen LogP) is 3.56. The Hall–Kier alpha value is -1.50. The average molecular weight is 405 g/mol. The summed E-state index contributed by atoms with van der Waals surface area (Å²) in [7, 11) is 0. The summed E-state index contributed by atoms with van der Waals surface area (Å²) in [4.78, 5) is 25.3. The zero-order chi connectivity index (χ0) is 18.6. The van der Waals surface area contributed by atoms with Crippen molar-refractivity contribution in [2.75, 3.05) is 13.1 Å². The molecule has 0 aliphatic carbocycles. The Bertz CT molecular complexity index is 634. The van der Waals surface area contributed by atoms with Crippen LogP contribution in [0.25, 0.3) is 0 Å². The molecule has 2 N–H and O–H groups in total. The van der Waals surface area contributed by atoms with E-state index in [-0.39, 0.29) is 25.0 Å². The first-order valence-electron chi connectivity index (χ1n) is 8.34. The maximum Gasteiger partial charge on any atom is 0.410 e. The number of hydrogen-bond acceptors (Lipinski definition) is 4. The summed E-state index contributed by atoms with van der Waals surface area (Å²) in [6.07, 6.45) is 0.0867. The minimum Gasteiger partial charge on any atom is -0.481 e. The Morgan fingerprint density at radius 2 is 2.08 bits per heavy atom. The Morgan fingerprint density at radius 1 is 1.38 bits per heavy atom. The number of carboxylic acid groups (broad SMARTS) is 1. The van der Waals surface area contributed by atoms with Crippen LogP contribution in [-0.4, -0.2) is 46.8 Å². The van der Waals surface area contributed by atoms with Crippen LogP contribution < -0.4 is 5.32 Å². The molecule has 1 fully saturated rings. The molecule has 1 heterocycles. The number of rotatable bonds is 4. The van der Waals surface area contributed by atoms with E-state index >= 15 is 0 Å². The topological polar surface area (TPSA) is 78.9 Å². The molecule has 146 valence electrons. The number of likely N-dealkylation sites (tertiary alicyclic amines) is 1. The van der Waals surface area contributed by atoms with E-state index in [2.05, 4.69) is 5.32 Å². The van der Waals surface area contributed by atoms with Gasteiger partial charge in [-0.3, -0.25) is 4.79 Å². The summed E-state index contributed by atoms with van der Waals surface area (Å²) in [6.45, 7) is 6.50. The fraction of sp³-hybridized carbons (Fsp3) is 0.556. The normalized spacial score (nSPS) is 20.2. The number of piperidine rings is 1. The van der Waals surface area contributed by atoms with E-state index in [0.29, 0.717) is 24.5 Å². The summed E-state index contributed by atoms with van der Waals surface area (Å²) in [5, 5.41) is 13.5. The zero-order valence-electron chi connectivity index (χ0n) is 15.2. The smallest absolute Gasteiger partial charge is 0.410 e. The standard InChI is InChI=1S/C18H25ClN2O4.ClH/c1-18(2,3)25-17(24)21-8-7-15(14(11-21)16(22)23)20-10-12-5-4-6-13(19)9-12;/h4-6,9,14-15,20H,7-8,10-11H2,1-3H3,(H,22,23);1H. The highest BCUT2D eigenvalue weighted by molar-refractivity contribution is 6.30. The summed E-state index contributed by atoms with van der Waals surface area (Å²) >= 11 is 5.97. The van der Waals surface area contributed by atoms with Crippen molar-refractivity contribution < 1.29 is 19.4 Å². The van der Waals surface area contributed by atoms with Gasteiger partial charge in [0.2, 0.25) is 0 Å². The summed E-state index contributed by atoms with van der Waals surface area (Å²) in [6, 6.07) is 7.23. The van der Waals surface area contributed by atoms with Crippen LogP contribution in [0.1, 0.15) is 32.8 Å². The van der Waals surface area contributed by atoms with Crippen LogP contribution in [0.4, 0.5) is 4.79 Å². The highest BCUT2D eigenvalue weighted by Gasteiger charge is 2.37. The van der Waals surface area contributed by atoms with Gasteiger partial charge in [0.15, 0.2) is 0 Å². The van der Waals surface area contributed by atoms with Gasteiger partial charge in [-0.1, -0.05) is 23.7 Å². The molecule has 2 rings (SSSR count). The molecular formula is C18H26Cl2N2O4. The van der Waals surface area contributed by atoms with Crippen LogP contribution in [0.15, 0.2) is 24.3 Å². The molecule has 2 atom stereocenters. The maximum absolute atomic E-state index is 12.2. The van der Waals surface area contributed by atoms with Gasteiger partial charge >= 0.3 is 12.1 Å². The molecule has 1 saturated heterocycles. The lowest BCUT2D eigenvalue weighted by Crippen LogP contribution is -2.54. The third kappa shape index (κ3) is 6.67. The van der Waals surface area contributed by atoms with Crippen LogP contribution >= 0.6 is 24.0 Å². The maximum atomic E-state index is 12.2. The summed E-state index contributed by atoms with van der Waals surface area (Å²) in [5.41, 5.74) is 0.392. The predicted molar refractivity (Wildman–Crippen MR) is 103 cm³/mol. The quantitative estimate of drug-likeness (QED) is 0.801. The molecule has 0 radical (unpaired) electrons. The molecule has 1 aliphatic rings. The number of ether oxygens (including phenoxy) is 1. The van der Waals surface area contributed by atoms with Crippen LogP contribution in [0.2, 0.25) is 5.02 Å². The molecule has 1 aromatic rings. The van der Waals surface area contributed by atoms with Crippen molar-refractivity contribution >= 4 is 36.1 Å². The second kappa shape index (κ2) is 9.44. The van der Waals surface area contributed by atoms with Gasteiger partial charge in [-0.2, -0.15) is 0 Å². The van der Waals surface area contributed by atoms with Crippen LogP contribution in [0.3, 0.4) is 0 Å². The molecular weight excluding hydrogens is 379 g/mol. The van der Waals surface area contributed by atoms with Gasteiger partial charge in [-0.25, -0.2) is 4.79 Å². The molecule has 0 spiro atoms. The Kier molecular flexibility index (Phi) is 8.18. The molecule has 1 aromatic carbocycles. The van der Waals surface area contributed by atoms with E-state index in [4.69, 9.17) is 16.3 Å². The largest absolute Gasteiger partial charge is 0.481 e. The van der Waals surface area contributed by atoms with Crippen LogP contribution in [0, 0.1) is 5.92 Å². The number of amides is 1. The molecule has 1 aliphatic heterocycles. The lowest BCUT2D eigenvalue weighted by atomic mass is 9.92. The SMILES string of the molecule is CC(C)(C)OC(=O)N1CCC(NCc2cccc(Cl)c2)C(C(=O)O)C1.Cl. The van der Waals surface area contributed by atoms with Gasteiger partial charge in [0.25, 0.3) is 0 Å². The second-order valence-corrected chi connectivity index (χ2v) is 7.71. The lowest BCUT2D eigenvalue weighted by Gasteiger charge is -2.37. The number of halogens is 2. The van der Waals surface area contributed by atoms with Crippen molar-refractivity contribution in [1.82, 2.24) is 10.2 Å². The minimum absolute atomic E-state index is 0. The first-order valence-corrected chi connectivity index (χ1v) is 8.72. The van der Waals surface area contributed by atoms with Gasteiger partial charge in [0, 0.05) is 30.7 Å². The molecule has 0 aromatic heterocycles. The van der Waals surface area contributed by atoms with Crippen molar-refractivity contribution in [3.05, 3.63) is 34.9 Å². The van der Waals surface area contributed by atoms with Gasteiger partial charge in [0.1, 0.15) is 5.60 Å². The number of carbonyl (C=O) groups is 2. The van der Waals surface area contributed by atoms with Crippen molar-refractivity contribution in [1.29, 1.82) is 0 Å². The second-order valence-electron chi connectivity index (χ2n) is 7.28. The van der Waals surface area contributed by atoms with Crippen LogP contribution in [-0.2, 0) is 16.1 Å². The number of carboxylic acids is 1. The van der Waals surface area contributed by atoms with Crippen molar-refractivity contribution in [3.63, 3.8) is 0 Å². The fourth-order valence-corrected chi connectivity index (χ4v) is 3.05. The van der Waals surface area contributed by atoms with Crippen molar-refractivity contribution in [3.8, 4) is 0 Å². The molecule has 0 saturated carbocycles.